The Bertz CT molecular complexity index is 447. The van der Waals surface area contributed by atoms with Crippen molar-refractivity contribution >= 4 is 12.1 Å². The summed E-state index contributed by atoms with van der Waals surface area (Å²) in [6.07, 6.45) is -1.18. The van der Waals surface area contributed by atoms with Gasteiger partial charge in [-0.3, -0.25) is 5.43 Å². The molecule has 1 rings (SSSR count). The van der Waals surface area contributed by atoms with Crippen molar-refractivity contribution in [3.8, 4) is 5.75 Å². The van der Waals surface area contributed by atoms with Gasteiger partial charge in [0.1, 0.15) is 5.75 Å². The Labute approximate surface area is 104 Å². The third-order valence-electron chi connectivity index (χ3n) is 2.18. The molecule has 0 aliphatic carbocycles. The van der Waals surface area contributed by atoms with Crippen LogP contribution in [-0.2, 0) is 11.3 Å². The van der Waals surface area contributed by atoms with Crippen molar-refractivity contribution in [3.63, 3.8) is 0 Å². The first-order valence-corrected chi connectivity index (χ1v) is 5.05. The minimum absolute atomic E-state index is 0.233. The molecule has 1 amide bonds. The summed E-state index contributed by atoms with van der Waals surface area (Å²) in [5.41, 5.74) is 5.58. The molecule has 7 nitrogen and oxygen atoms in total. The number of carbonyl (C=O) groups excluding carboxylic acids is 1. The molecule has 7 heteroatoms. The highest BCUT2D eigenvalue weighted by Crippen LogP contribution is 2.20. The molecule has 1 aromatic rings. The van der Waals surface area contributed by atoms with Crippen LogP contribution in [0.3, 0.4) is 0 Å². The van der Waals surface area contributed by atoms with Crippen molar-refractivity contribution in [3.05, 3.63) is 29.3 Å². The second kappa shape index (κ2) is 6.45. The van der Waals surface area contributed by atoms with Gasteiger partial charge in [-0.25, -0.2) is 15.0 Å². The van der Waals surface area contributed by atoms with E-state index in [2.05, 4.69) is 10.2 Å². The monoisotopic (exact) mass is 254 g/mol. The average molecular weight is 254 g/mol. The van der Waals surface area contributed by atoms with Crippen LogP contribution in [-0.4, -0.2) is 31.4 Å². The lowest BCUT2D eigenvalue weighted by Gasteiger charge is -2.10. The zero-order valence-electron chi connectivity index (χ0n) is 10.0. The number of ether oxygens (including phenoxy) is 2. The van der Waals surface area contributed by atoms with Crippen LogP contribution in [0.5, 0.6) is 5.75 Å². The number of methoxy groups -OCH3 is 2. The van der Waals surface area contributed by atoms with Crippen LogP contribution >= 0.6 is 0 Å². The van der Waals surface area contributed by atoms with Gasteiger partial charge in [-0.15, -0.1) is 0 Å². The Balaban J connectivity index is 2.80. The van der Waals surface area contributed by atoms with E-state index in [0.717, 1.165) is 0 Å². The summed E-state index contributed by atoms with van der Waals surface area (Å²) in [5, 5.41) is 8.40. The molecule has 1 aromatic carbocycles. The predicted octanol–water partition coefficient (Wildman–Crippen LogP) is 0.754. The molecule has 0 heterocycles. The third-order valence-corrected chi connectivity index (χ3v) is 2.18. The molecule has 0 saturated heterocycles. The van der Waals surface area contributed by atoms with Crippen molar-refractivity contribution in [1.29, 1.82) is 0 Å². The fourth-order valence-corrected chi connectivity index (χ4v) is 1.35. The molecule has 0 radical (unpaired) electrons. The second-order valence-electron chi connectivity index (χ2n) is 3.30. The fraction of sp³-hybridized carbons (Fsp3) is 0.273. The number of rotatable bonds is 5. The zero-order valence-corrected chi connectivity index (χ0v) is 10.0. The van der Waals surface area contributed by atoms with E-state index < -0.39 is 12.1 Å². The van der Waals surface area contributed by atoms with Crippen LogP contribution in [0.4, 0.5) is 4.79 Å². The maximum Gasteiger partial charge on any atom is 0.419 e. The molecule has 98 valence electrons. The van der Waals surface area contributed by atoms with Gasteiger partial charge in [-0.1, -0.05) is 6.07 Å². The van der Waals surface area contributed by atoms with E-state index in [4.69, 9.17) is 9.84 Å². The lowest BCUT2D eigenvalue weighted by molar-refractivity contribution is 0.0600. The van der Waals surface area contributed by atoms with Gasteiger partial charge in [-0.2, -0.15) is 0 Å². The molecule has 0 atom stereocenters. The van der Waals surface area contributed by atoms with Crippen LogP contribution in [0.25, 0.3) is 0 Å². The van der Waals surface area contributed by atoms with Gasteiger partial charge in [-0.05, 0) is 12.1 Å². The summed E-state index contributed by atoms with van der Waals surface area (Å²) >= 11 is 0. The first-order chi connectivity index (χ1) is 8.58. The zero-order chi connectivity index (χ0) is 13.5. The summed E-state index contributed by atoms with van der Waals surface area (Å²) in [7, 11) is 2.76. The molecule has 0 aliphatic rings. The minimum Gasteiger partial charge on any atom is -0.496 e. The summed E-state index contributed by atoms with van der Waals surface area (Å²) < 4.78 is 9.70. The van der Waals surface area contributed by atoms with Gasteiger partial charge in [0.15, 0.2) is 0 Å². The molecule has 0 bridgehead atoms. The molecule has 3 N–H and O–H groups in total. The van der Waals surface area contributed by atoms with Crippen molar-refractivity contribution < 1.29 is 24.2 Å². The van der Waals surface area contributed by atoms with E-state index in [1.54, 1.807) is 12.1 Å². The van der Waals surface area contributed by atoms with E-state index >= 15 is 0 Å². The highest BCUT2D eigenvalue weighted by Gasteiger charge is 2.10. The Morgan fingerprint density at radius 3 is 2.61 bits per heavy atom. The topological polar surface area (TPSA) is 96.9 Å². The molecule has 0 unspecified atom stereocenters. The third kappa shape index (κ3) is 3.63. The number of hydrogen-bond acceptors (Lipinski definition) is 5. The van der Waals surface area contributed by atoms with E-state index in [0.29, 0.717) is 16.9 Å². The van der Waals surface area contributed by atoms with Crippen LogP contribution in [0, 0.1) is 0 Å². The average Bonchev–Trinajstić information content (AvgIpc) is 2.37. The van der Waals surface area contributed by atoms with E-state index in [1.807, 2.05) is 5.43 Å². The van der Waals surface area contributed by atoms with Gasteiger partial charge in [0.25, 0.3) is 0 Å². The minimum atomic E-state index is -1.18. The second-order valence-corrected chi connectivity index (χ2v) is 3.30. The normalized spacial score (nSPS) is 9.67. The van der Waals surface area contributed by atoms with Crippen LogP contribution < -0.4 is 15.6 Å². The SMILES string of the molecule is COC(=O)c1ccc(CNNC(=O)O)c(OC)c1. The maximum atomic E-state index is 11.3. The number of amides is 1. The Kier molecular flexibility index (Phi) is 4.94. The summed E-state index contributed by atoms with van der Waals surface area (Å²) in [4.78, 5) is 21.6. The smallest absolute Gasteiger partial charge is 0.419 e. The Morgan fingerprint density at radius 2 is 2.06 bits per heavy atom. The maximum absolute atomic E-state index is 11.3. The molecule has 0 saturated carbocycles. The van der Waals surface area contributed by atoms with E-state index in [1.165, 1.54) is 20.3 Å². The first kappa shape index (κ1) is 13.8. The van der Waals surface area contributed by atoms with Crippen molar-refractivity contribution in [2.24, 2.45) is 0 Å². The van der Waals surface area contributed by atoms with Gasteiger partial charge in [0, 0.05) is 12.1 Å². The number of hydrogen-bond donors (Lipinski definition) is 3. The number of hydrazine groups is 1. The number of carboxylic acid groups (broad SMARTS) is 1. The molecule has 18 heavy (non-hydrogen) atoms. The van der Waals surface area contributed by atoms with Crippen molar-refractivity contribution in [1.82, 2.24) is 10.9 Å². The molecule has 0 spiro atoms. The number of carbonyl (C=O) groups is 2. The number of esters is 1. The highest BCUT2D eigenvalue weighted by molar-refractivity contribution is 5.89. The number of benzene rings is 1. The Morgan fingerprint density at radius 1 is 1.33 bits per heavy atom. The van der Waals surface area contributed by atoms with Gasteiger partial charge in [0.05, 0.1) is 19.8 Å². The molecule has 0 aromatic heterocycles. The Hall–Kier alpha value is -2.28. The lowest BCUT2D eigenvalue weighted by atomic mass is 10.1. The molecule has 0 fully saturated rings. The fourth-order valence-electron chi connectivity index (χ4n) is 1.35. The van der Waals surface area contributed by atoms with Crippen molar-refractivity contribution in [2.45, 2.75) is 6.54 Å². The lowest BCUT2D eigenvalue weighted by Crippen LogP contribution is -2.35. The quantitative estimate of drug-likeness (QED) is 0.530. The number of nitrogens with one attached hydrogen (secondary N) is 2. The predicted molar refractivity (Wildman–Crippen MR) is 62.3 cm³/mol. The van der Waals surface area contributed by atoms with Crippen LogP contribution in [0.2, 0.25) is 0 Å². The molecular formula is C11H14N2O5. The van der Waals surface area contributed by atoms with E-state index in [-0.39, 0.29) is 6.54 Å². The summed E-state index contributed by atoms with van der Waals surface area (Å²) in [6, 6.07) is 4.76. The molecule has 0 aliphatic heterocycles. The highest BCUT2D eigenvalue weighted by atomic mass is 16.5. The largest absolute Gasteiger partial charge is 0.496 e. The van der Waals surface area contributed by atoms with Crippen LogP contribution in [0.1, 0.15) is 15.9 Å². The standard InChI is InChI=1S/C11H14N2O5/c1-17-9-5-7(10(14)18-2)3-4-8(9)6-12-13-11(15)16/h3-5,12-13H,6H2,1-2H3,(H,15,16). The van der Waals surface area contributed by atoms with Crippen LogP contribution in [0.15, 0.2) is 18.2 Å². The van der Waals surface area contributed by atoms with Crippen molar-refractivity contribution in [2.75, 3.05) is 14.2 Å². The summed E-state index contributed by atoms with van der Waals surface area (Å²) in [6.45, 7) is 0.233. The van der Waals surface area contributed by atoms with Gasteiger partial charge >= 0.3 is 12.1 Å². The molecular weight excluding hydrogens is 240 g/mol. The first-order valence-electron chi connectivity index (χ1n) is 5.05. The van der Waals surface area contributed by atoms with Gasteiger partial charge in [0.2, 0.25) is 0 Å². The van der Waals surface area contributed by atoms with E-state index in [9.17, 15) is 9.59 Å². The van der Waals surface area contributed by atoms with Gasteiger partial charge < -0.3 is 14.6 Å². The summed E-state index contributed by atoms with van der Waals surface area (Å²) in [5.74, 6) is 0.00839.